The highest BCUT2D eigenvalue weighted by molar-refractivity contribution is 7.92. The van der Waals surface area contributed by atoms with Crippen LogP contribution in [0.15, 0.2) is 71.6 Å². The Morgan fingerprint density at radius 1 is 1.02 bits per heavy atom. The Bertz CT molecular complexity index is 1800. The van der Waals surface area contributed by atoms with Crippen LogP contribution >= 0.6 is 11.3 Å². The molecule has 0 fully saturated rings. The van der Waals surface area contributed by atoms with Crippen LogP contribution < -0.4 is 19.1 Å². The summed E-state index contributed by atoms with van der Waals surface area (Å²) in [6.07, 6.45) is 2.07. The molecule has 2 aliphatic heterocycles. The summed E-state index contributed by atoms with van der Waals surface area (Å²) in [5.74, 6) is 0.324. The van der Waals surface area contributed by atoms with Gasteiger partial charge in [0.2, 0.25) is 6.79 Å². The standard InChI is InChI=1S/C31H28N2O7S2/c1-19-27(17-20-9-14-25-26(16-20)40-18-39-25)41-30(28(19)31(35)38-2)32-29(34)22-10-12-23(13-11-22)42(36,37)33-15-5-7-21-6-3-4-8-24(21)33/h3-4,6,8-14,16H,5,7,15,17-18H2,1-2H3,(H,32,34). The van der Waals surface area contributed by atoms with Crippen molar-refractivity contribution in [2.45, 2.75) is 31.1 Å². The molecule has 1 N–H and O–H groups in total. The molecule has 6 rings (SSSR count). The lowest BCUT2D eigenvalue weighted by atomic mass is 10.0. The predicted octanol–water partition coefficient (Wildman–Crippen LogP) is 5.56. The molecule has 0 bridgehead atoms. The van der Waals surface area contributed by atoms with Crippen LogP contribution in [0.4, 0.5) is 10.7 Å². The molecule has 9 nitrogen and oxygen atoms in total. The van der Waals surface area contributed by atoms with Gasteiger partial charge in [-0.1, -0.05) is 24.3 Å². The fourth-order valence-electron chi connectivity index (χ4n) is 5.23. The third-order valence-electron chi connectivity index (χ3n) is 7.44. The molecule has 0 unspecified atom stereocenters. The zero-order valence-corrected chi connectivity index (χ0v) is 24.6. The van der Waals surface area contributed by atoms with Gasteiger partial charge in [-0.25, -0.2) is 13.2 Å². The van der Waals surface area contributed by atoms with Crippen molar-refractivity contribution in [1.82, 2.24) is 0 Å². The van der Waals surface area contributed by atoms with E-state index in [1.54, 1.807) is 0 Å². The van der Waals surface area contributed by atoms with Crippen LogP contribution in [0.5, 0.6) is 11.5 Å². The van der Waals surface area contributed by atoms with E-state index in [0.29, 0.717) is 40.7 Å². The van der Waals surface area contributed by atoms with Crippen LogP contribution in [0.2, 0.25) is 0 Å². The molecule has 0 saturated heterocycles. The van der Waals surface area contributed by atoms with Crippen LogP contribution in [0.3, 0.4) is 0 Å². The number of para-hydroxylation sites is 1. The fourth-order valence-corrected chi connectivity index (χ4v) is 7.99. The molecule has 3 heterocycles. The molecular weight excluding hydrogens is 576 g/mol. The highest BCUT2D eigenvalue weighted by Crippen LogP contribution is 2.38. The summed E-state index contributed by atoms with van der Waals surface area (Å²) < 4.78 is 44.3. The average molecular weight is 605 g/mol. The minimum absolute atomic E-state index is 0.101. The minimum atomic E-state index is -3.81. The number of methoxy groups -OCH3 is 1. The molecule has 0 atom stereocenters. The number of esters is 1. The number of nitrogens with one attached hydrogen (secondary N) is 1. The number of sulfonamides is 1. The van der Waals surface area contributed by atoms with E-state index in [-0.39, 0.29) is 22.8 Å². The minimum Gasteiger partial charge on any atom is -0.465 e. The number of ether oxygens (including phenoxy) is 3. The number of aryl methyl sites for hydroxylation is 1. The number of rotatable bonds is 7. The van der Waals surface area contributed by atoms with Gasteiger partial charge in [-0.05, 0) is 78.9 Å². The molecule has 0 spiro atoms. The molecule has 1 aromatic heterocycles. The normalized spacial score (nSPS) is 13.9. The van der Waals surface area contributed by atoms with Crippen LogP contribution in [0, 0.1) is 6.92 Å². The number of thiophene rings is 1. The largest absolute Gasteiger partial charge is 0.465 e. The zero-order chi connectivity index (χ0) is 29.4. The lowest BCUT2D eigenvalue weighted by Crippen LogP contribution is -2.35. The van der Waals surface area contributed by atoms with Crippen molar-refractivity contribution in [2.75, 3.05) is 30.1 Å². The smallest absolute Gasteiger partial charge is 0.341 e. The number of benzene rings is 3. The predicted molar refractivity (Wildman–Crippen MR) is 159 cm³/mol. The second-order valence-corrected chi connectivity index (χ2v) is 13.0. The lowest BCUT2D eigenvalue weighted by Gasteiger charge is -2.30. The van der Waals surface area contributed by atoms with E-state index < -0.39 is 21.9 Å². The van der Waals surface area contributed by atoms with Crippen LogP contribution in [0.25, 0.3) is 0 Å². The van der Waals surface area contributed by atoms with Crippen molar-refractivity contribution >= 4 is 43.9 Å². The Labute approximate surface area is 247 Å². The number of nitrogens with zero attached hydrogens (tertiary/aromatic N) is 1. The van der Waals surface area contributed by atoms with E-state index in [1.807, 2.05) is 49.4 Å². The maximum absolute atomic E-state index is 13.5. The number of hydrogen-bond donors (Lipinski definition) is 1. The second-order valence-electron chi connectivity index (χ2n) is 10.00. The quantitative estimate of drug-likeness (QED) is 0.275. The Morgan fingerprint density at radius 2 is 1.79 bits per heavy atom. The first-order valence-corrected chi connectivity index (χ1v) is 15.6. The number of amides is 1. The van der Waals surface area contributed by atoms with E-state index in [2.05, 4.69) is 5.32 Å². The topological polar surface area (TPSA) is 111 Å². The molecule has 11 heteroatoms. The molecule has 0 aliphatic carbocycles. The van der Waals surface area contributed by atoms with Gasteiger partial charge in [-0.2, -0.15) is 0 Å². The monoisotopic (exact) mass is 604 g/mol. The molecular formula is C31H28N2O7S2. The maximum atomic E-state index is 13.5. The Hall–Kier alpha value is -4.35. The van der Waals surface area contributed by atoms with Gasteiger partial charge in [0.05, 0.1) is 23.3 Å². The van der Waals surface area contributed by atoms with Gasteiger partial charge in [0, 0.05) is 23.4 Å². The first-order chi connectivity index (χ1) is 20.3. The van der Waals surface area contributed by atoms with E-state index in [0.717, 1.165) is 28.8 Å². The molecule has 216 valence electrons. The zero-order valence-electron chi connectivity index (χ0n) is 23.0. The van der Waals surface area contributed by atoms with Crippen molar-refractivity contribution in [3.63, 3.8) is 0 Å². The van der Waals surface area contributed by atoms with E-state index in [4.69, 9.17) is 14.2 Å². The number of carbonyl (C=O) groups is 2. The molecule has 2 aliphatic rings. The number of anilines is 2. The summed E-state index contributed by atoms with van der Waals surface area (Å²) in [5, 5.41) is 3.20. The number of carbonyl (C=O) groups excluding carboxylic acids is 2. The van der Waals surface area contributed by atoms with Gasteiger partial charge in [-0.15, -0.1) is 11.3 Å². The first kappa shape index (κ1) is 27.8. The summed E-state index contributed by atoms with van der Waals surface area (Å²) in [6, 6.07) is 19.0. The van der Waals surface area contributed by atoms with Crippen molar-refractivity contribution in [3.05, 3.63) is 99.4 Å². The third-order valence-corrected chi connectivity index (χ3v) is 10.5. The highest BCUT2D eigenvalue weighted by atomic mass is 32.2. The number of hydrogen-bond acceptors (Lipinski definition) is 8. The Morgan fingerprint density at radius 3 is 2.57 bits per heavy atom. The second kappa shape index (κ2) is 11.1. The summed E-state index contributed by atoms with van der Waals surface area (Å²) in [4.78, 5) is 27.0. The molecule has 0 saturated carbocycles. The van der Waals surface area contributed by atoms with Gasteiger partial charge in [0.1, 0.15) is 5.00 Å². The maximum Gasteiger partial charge on any atom is 0.341 e. The van der Waals surface area contributed by atoms with Gasteiger partial charge in [0.15, 0.2) is 11.5 Å². The fraction of sp³-hybridized carbons (Fsp3) is 0.226. The van der Waals surface area contributed by atoms with Crippen molar-refractivity contribution in [2.24, 2.45) is 0 Å². The van der Waals surface area contributed by atoms with Gasteiger partial charge in [-0.3, -0.25) is 9.10 Å². The molecule has 3 aromatic carbocycles. The molecule has 0 radical (unpaired) electrons. The third kappa shape index (κ3) is 5.10. The summed E-state index contributed by atoms with van der Waals surface area (Å²) in [5.41, 5.74) is 3.90. The average Bonchev–Trinajstić information content (AvgIpc) is 3.60. The highest BCUT2D eigenvalue weighted by Gasteiger charge is 2.29. The molecule has 4 aromatic rings. The summed E-state index contributed by atoms with van der Waals surface area (Å²) in [7, 11) is -2.51. The Kier molecular flexibility index (Phi) is 7.38. The SMILES string of the molecule is COC(=O)c1c(NC(=O)c2ccc(S(=O)(=O)N3CCCc4ccccc43)cc2)sc(Cc2ccc3c(c2)OCO3)c1C. The summed E-state index contributed by atoms with van der Waals surface area (Å²) >= 11 is 1.29. The van der Waals surface area contributed by atoms with E-state index in [1.165, 1.54) is 47.0 Å². The molecule has 42 heavy (non-hydrogen) atoms. The van der Waals surface area contributed by atoms with Crippen molar-refractivity contribution < 1.29 is 32.2 Å². The van der Waals surface area contributed by atoms with E-state index in [9.17, 15) is 18.0 Å². The van der Waals surface area contributed by atoms with Gasteiger partial charge < -0.3 is 19.5 Å². The van der Waals surface area contributed by atoms with Crippen LogP contribution in [0.1, 0.15) is 48.7 Å². The summed E-state index contributed by atoms with van der Waals surface area (Å²) in [6.45, 7) is 2.39. The van der Waals surface area contributed by atoms with Crippen LogP contribution in [-0.4, -0.2) is 40.7 Å². The molecule has 1 amide bonds. The van der Waals surface area contributed by atoms with Crippen molar-refractivity contribution in [3.8, 4) is 11.5 Å². The lowest BCUT2D eigenvalue weighted by molar-refractivity contribution is 0.0601. The Balaban J connectivity index is 1.23. The van der Waals surface area contributed by atoms with Gasteiger partial charge in [0.25, 0.3) is 15.9 Å². The van der Waals surface area contributed by atoms with E-state index >= 15 is 0 Å². The van der Waals surface area contributed by atoms with Crippen LogP contribution in [-0.2, 0) is 27.6 Å². The number of fused-ring (bicyclic) bond motifs is 2. The van der Waals surface area contributed by atoms with Crippen molar-refractivity contribution in [1.29, 1.82) is 0 Å². The first-order valence-electron chi connectivity index (χ1n) is 13.4. The van der Waals surface area contributed by atoms with Gasteiger partial charge >= 0.3 is 5.97 Å².